The number of hydrogen-bond acceptors (Lipinski definition) is 2. The quantitative estimate of drug-likeness (QED) is 0.723. The highest BCUT2D eigenvalue weighted by atomic mass is 16.2. The molecule has 0 aromatic rings. The summed E-state index contributed by atoms with van der Waals surface area (Å²) in [7, 11) is 0. The molecular formula is C16H24N2O2. The van der Waals surface area contributed by atoms with Gasteiger partial charge in [-0.15, -0.1) is 0 Å². The molecule has 1 aliphatic carbocycles. The maximum Gasteiger partial charge on any atom is 0.246 e. The molecule has 2 amide bonds. The lowest BCUT2D eigenvalue weighted by Gasteiger charge is -2.50. The molecule has 2 aliphatic heterocycles. The second kappa shape index (κ2) is 5.23. The molecule has 2 fully saturated rings. The fourth-order valence-electron chi connectivity index (χ4n) is 3.89. The topological polar surface area (TPSA) is 40.6 Å². The van der Waals surface area contributed by atoms with Crippen LogP contribution in [-0.2, 0) is 9.59 Å². The highest BCUT2D eigenvalue weighted by Crippen LogP contribution is 2.33. The van der Waals surface area contributed by atoms with Gasteiger partial charge in [0.1, 0.15) is 12.1 Å². The van der Waals surface area contributed by atoms with Crippen LogP contribution in [0.5, 0.6) is 0 Å². The Morgan fingerprint density at radius 1 is 1.10 bits per heavy atom. The summed E-state index contributed by atoms with van der Waals surface area (Å²) in [5, 5.41) is 0. The van der Waals surface area contributed by atoms with Gasteiger partial charge in [0.05, 0.1) is 0 Å². The monoisotopic (exact) mass is 276 g/mol. The Kier molecular flexibility index (Phi) is 3.57. The molecule has 110 valence electrons. The van der Waals surface area contributed by atoms with E-state index in [0.29, 0.717) is 0 Å². The van der Waals surface area contributed by atoms with E-state index in [1.165, 1.54) is 0 Å². The van der Waals surface area contributed by atoms with Crippen molar-refractivity contribution in [1.29, 1.82) is 0 Å². The van der Waals surface area contributed by atoms with Crippen molar-refractivity contribution >= 4 is 11.8 Å². The van der Waals surface area contributed by atoms with Crippen molar-refractivity contribution in [2.45, 2.75) is 64.1 Å². The lowest BCUT2D eigenvalue weighted by molar-refractivity contribution is -0.168. The van der Waals surface area contributed by atoms with Gasteiger partial charge >= 0.3 is 0 Å². The molecule has 0 bridgehead atoms. The summed E-state index contributed by atoms with van der Waals surface area (Å²) < 4.78 is 0. The molecule has 2 unspecified atom stereocenters. The van der Waals surface area contributed by atoms with Crippen LogP contribution in [0.15, 0.2) is 12.2 Å². The minimum Gasteiger partial charge on any atom is -0.329 e. The number of piperidine rings is 1. The zero-order valence-corrected chi connectivity index (χ0v) is 12.4. The third-order valence-corrected chi connectivity index (χ3v) is 4.89. The molecule has 2 heterocycles. The van der Waals surface area contributed by atoms with E-state index in [-0.39, 0.29) is 35.9 Å². The number of hydrogen-bond donors (Lipinski definition) is 0. The molecule has 0 saturated carbocycles. The average Bonchev–Trinajstić information content (AvgIpc) is 2.96. The van der Waals surface area contributed by atoms with Crippen LogP contribution < -0.4 is 0 Å². The van der Waals surface area contributed by atoms with Crippen molar-refractivity contribution in [3.05, 3.63) is 12.2 Å². The molecule has 0 spiro atoms. The molecule has 0 aromatic carbocycles. The van der Waals surface area contributed by atoms with Crippen molar-refractivity contribution in [2.75, 3.05) is 6.54 Å². The zero-order chi connectivity index (χ0) is 14.3. The fraction of sp³-hybridized carbons (Fsp3) is 0.750. The number of amides is 2. The maximum atomic E-state index is 12.9. The lowest BCUT2D eigenvalue weighted by atomic mass is 9.89. The van der Waals surface area contributed by atoms with E-state index in [2.05, 4.69) is 26.0 Å². The van der Waals surface area contributed by atoms with E-state index in [1.54, 1.807) is 0 Å². The molecule has 3 aliphatic rings. The molecule has 2 saturated heterocycles. The van der Waals surface area contributed by atoms with E-state index in [4.69, 9.17) is 0 Å². The van der Waals surface area contributed by atoms with Crippen LogP contribution >= 0.6 is 0 Å². The van der Waals surface area contributed by atoms with Gasteiger partial charge in [0.2, 0.25) is 11.8 Å². The van der Waals surface area contributed by atoms with Gasteiger partial charge in [0, 0.05) is 12.6 Å². The molecule has 0 aromatic heterocycles. The van der Waals surface area contributed by atoms with Crippen LogP contribution in [0.1, 0.15) is 46.0 Å². The second-order valence-corrected chi connectivity index (χ2v) is 6.57. The van der Waals surface area contributed by atoms with E-state index >= 15 is 0 Å². The molecule has 0 radical (unpaired) electrons. The Labute approximate surface area is 120 Å². The van der Waals surface area contributed by atoms with E-state index in [0.717, 1.165) is 38.6 Å². The summed E-state index contributed by atoms with van der Waals surface area (Å²) in [6.07, 6.45) is 8.99. The Morgan fingerprint density at radius 3 is 2.45 bits per heavy atom. The smallest absolute Gasteiger partial charge is 0.246 e. The SMILES string of the molecule is CC(C)C1C(=O)N2CCCCC2C(=O)N1C1CC=CC1. The van der Waals surface area contributed by atoms with Crippen LogP contribution in [-0.4, -0.2) is 46.3 Å². The first-order valence-corrected chi connectivity index (χ1v) is 7.89. The molecule has 20 heavy (non-hydrogen) atoms. The number of piperazine rings is 1. The fourth-order valence-corrected chi connectivity index (χ4v) is 3.89. The third kappa shape index (κ3) is 2.05. The summed E-state index contributed by atoms with van der Waals surface area (Å²) in [6.45, 7) is 4.86. The normalized spacial score (nSPS) is 31.4. The van der Waals surface area contributed by atoms with Crippen molar-refractivity contribution in [2.24, 2.45) is 5.92 Å². The van der Waals surface area contributed by atoms with Gasteiger partial charge in [-0.1, -0.05) is 26.0 Å². The lowest BCUT2D eigenvalue weighted by Crippen LogP contribution is -2.68. The van der Waals surface area contributed by atoms with Crippen LogP contribution in [0.2, 0.25) is 0 Å². The first-order valence-electron chi connectivity index (χ1n) is 7.89. The highest BCUT2D eigenvalue weighted by molar-refractivity contribution is 5.97. The van der Waals surface area contributed by atoms with Gasteiger partial charge in [0.25, 0.3) is 0 Å². The maximum absolute atomic E-state index is 12.9. The van der Waals surface area contributed by atoms with Crippen LogP contribution in [0.25, 0.3) is 0 Å². The van der Waals surface area contributed by atoms with Crippen molar-refractivity contribution in [3.8, 4) is 0 Å². The van der Waals surface area contributed by atoms with Crippen LogP contribution in [0, 0.1) is 5.92 Å². The first kappa shape index (κ1) is 13.7. The molecule has 4 heteroatoms. The van der Waals surface area contributed by atoms with Gasteiger partial charge in [-0.25, -0.2) is 0 Å². The predicted octanol–water partition coefficient (Wildman–Crippen LogP) is 1.95. The highest BCUT2D eigenvalue weighted by Gasteiger charge is 2.49. The van der Waals surface area contributed by atoms with E-state index < -0.39 is 0 Å². The molecule has 4 nitrogen and oxygen atoms in total. The van der Waals surface area contributed by atoms with Crippen molar-refractivity contribution in [1.82, 2.24) is 9.80 Å². The Balaban J connectivity index is 1.92. The largest absolute Gasteiger partial charge is 0.329 e. The molecule has 2 atom stereocenters. The average molecular weight is 276 g/mol. The van der Waals surface area contributed by atoms with E-state index in [1.807, 2.05) is 9.80 Å². The number of fused-ring (bicyclic) bond motifs is 1. The number of nitrogens with zero attached hydrogens (tertiary/aromatic N) is 2. The molecule has 0 N–H and O–H groups in total. The second-order valence-electron chi connectivity index (χ2n) is 6.57. The minimum atomic E-state index is -0.262. The first-order chi connectivity index (χ1) is 9.61. The predicted molar refractivity (Wildman–Crippen MR) is 77.0 cm³/mol. The Morgan fingerprint density at radius 2 is 1.80 bits per heavy atom. The Bertz CT molecular complexity index is 436. The summed E-state index contributed by atoms with van der Waals surface area (Å²) in [5.41, 5.74) is 0. The van der Waals surface area contributed by atoms with Crippen LogP contribution in [0.3, 0.4) is 0 Å². The van der Waals surface area contributed by atoms with E-state index in [9.17, 15) is 9.59 Å². The van der Waals surface area contributed by atoms with Gasteiger partial charge in [0.15, 0.2) is 0 Å². The number of carbonyl (C=O) groups is 2. The summed E-state index contributed by atoms with van der Waals surface area (Å²) in [6, 6.07) is -0.253. The molecular weight excluding hydrogens is 252 g/mol. The summed E-state index contributed by atoms with van der Waals surface area (Å²) in [5.74, 6) is 0.544. The zero-order valence-electron chi connectivity index (χ0n) is 12.4. The van der Waals surface area contributed by atoms with Gasteiger partial charge < -0.3 is 9.80 Å². The summed E-state index contributed by atoms with van der Waals surface area (Å²) in [4.78, 5) is 29.5. The standard InChI is InChI=1S/C16H24N2O2/c1-11(2)14-16(20)17-10-6-5-9-13(17)15(19)18(14)12-7-3-4-8-12/h3-4,11-14H,5-10H2,1-2H3. The van der Waals surface area contributed by atoms with Gasteiger partial charge in [-0.05, 0) is 38.0 Å². The van der Waals surface area contributed by atoms with Gasteiger partial charge in [-0.3, -0.25) is 9.59 Å². The third-order valence-electron chi connectivity index (χ3n) is 4.89. The number of rotatable bonds is 2. The summed E-state index contributed by atoms with van der Waals surface area (Å²) >= 11 is 0. The molecule has 3 rings (SSSR count). The minimum absolute atomic E-state index is 0.176. The van der Waals surface area contributed by atoms with Crippen molar-refractivity contribution in [3.63, 3.8) is 0 Å². The van der Waals surface area contributed by atoms with Crippen LogP contribution in [0.4, 0.5) is 0 Å². The van der Waals surface area contributed by atoms with Gasteiger partial charge in [-0.2, -0.15) is 0 Å². The van der Waals surface area contributed by atoms with Crippen molar-refractivity contribution < 1.29 is 9.59 Å². The Hall–Kier alpha value is -1.32. The number of carbonyl (C=O) groups excluding carboxylic acids is 2.